The van der Waals surface area contributed by atoms with Gasteiger partial charge in [-0.05, 0) is 50.4 Å². The van der Waals surface area contributed by atoms with Crippen LogP contribution in [0.15, 0.2) is 0 Å². The number of carbonyl (C=O) groups excluding carboxylic acids is 1. The molecule has 2 fully saturated rings. The van der Waals surface area contributed by atoms with Crippen LogP contribution in [0.2, 0.25) is 0 Å². The highest BCUT2D eigenvalue weighted by Gasteiger charge is 2.30. The second-order valence-electron chi connectivity index (χ2n) is 5.88. The third-order valence-corrected chi connectivity index (χ3v) is 5.46. The van der Waals surface area contributed by atoms with E-state index in [1.54, 1.807) is 0 Å². The maximum Gasteiger partial charge on any atom is 0.223 e. The van der Waals surface area contributed by atoms with E-state index < -0.39 is 0 Å². The molecule has 1 amide bonds. The average Bonchev–Trinajstić information content (AvgIpc) is 2.74. The molecule has 0 aromatic carbocycles. The van der Waals surface area contributed by atoms with Crippen molar-refractivity contribution in [3.63, 3.8) is 0 Å². The summed E-state index contributed by atoms with van der Waals surface area (Å²) in [5, 5.41) is 3.19. The summed E-state index contributed by atoms with van der Waals surface area (Å²) in [4.78, 5) is 12.8. The first kappa shape index (κ1) is 13.4. The van der Waals surface area contributed by atoms with Crippen LogP contribution >= 0.6 is 15.9 Å². The van der Waals surface area contributed by atoms with Crippen molar-refractivity contribution in [2.75, 3.05) is 6.54 Å². The number of rotatable bonds is 3. The number of nitrogens with one attached hydrogen (secondary N) is 1. The number of carbonyl (C=O) groups is 1. The van der Waals surface area contributed by atoms with Gasteiger partial charge in [-0.15, -0.1) is 0 Å². The number of hydrogen-bond donors (Lipinski definition) is 1. The fourth-order valence-corrected chi connectivity index (χ4v) is 3.77. The summed E-state index contributed by atoms with van der Waals surface area (Å²) < 4.78 is 0. The van der Waals surface area contributed by atoms with Crippen LogP contribution in [0.3, 0.4) is 0 Å². The van der Waals surface area contributed by atoms with Gasteiger partial charge in [0.25, 0.3) is 0 Å². The van der Waals surface area contributed by atoms with Crippen molar-refractivity contribution < 1.29 is 4.79 Å². The zero-order valence-electron chi connectivity index (χ0n) is 10.8. The molecule has 2 aliphatic rings. The van der Waals surface area contributed by atoms with Gasteiger partial charge in [0, 0.05) is 17.3 Å². The summed E-state index contributed by atoms with van der Waals surface area (Å²) in [5.74, 6) is 1.91. The lowest BCUT2D eigenvalue weighted by Crippen LogP contribution is -2.36. The highest BCUT2D eigenvalue weighted by molar-refractivity contribution is 9.09. The van der Waals surface area contributed by atoms with Crippen LogP contribution in [-0.4, -0.2) is 17.3 Å². The first-order chi connectivity index (χ1) is 8.16. The van der Waals surface area contributed by atoms with Crippen LogP contribution in [0.4, 0.5) is 0 Å². The molecule has 0 spiro atoms. The third-order valence-electron chi connectivity index (χ3n) is 4.54. The van der Waals surface area contributed by atoms with Gasteiger partial charge in [0.15, 0.2) is 0 Å². The molecule has 2 rings (SSSR count). The van der Waals surface area contributed by atoms with Gasteiger partial charge in [-0.3, -0.25) is 4.79 Å². The number of halogens is 1. The Kier molecular flexibility index (Phi) is 4.89. The molecular weight excluding hydrogens is 278 g/mol. The molecule has 1 N–H and O–H groups in total. The van der Waals surface area contributed by atoms with Crippen LogP contribution < -0.4 is 5.32 Å². The molecule has 2 aliphatic carbocycles. The van der Waals surface area contributed by atoms with Crippen molar-refractivity contribution in [2.24, 2.45) is 17.8 Å². The molecule has 0 bridgehead atoms. The molecule has 0 radical (unpaired) electrons. The van der Waals surface area contributed by atoms with E-state index in [1.807, 2.05) is 0 Å². The Morgan fingerprint density at radius 2 is 1.88 bits per heavy atom. The molecule has 3 heteroatoms. The van der Waals surface area contributed by atoms with Gasteiger partial charge in [0.05, 0.1) is 0 Å². The molecule has 0 heterocycles. The summed E-state index contributed by atoms with van der Waals surface area (Å²) in [6.07, 6.45) is 8.61. The third kappa shape index (κ3) is 3.70. The SMILES string of the molecule is CC1CCCC1C(=O)NCC1CCC(Br)CC1. The van der Waals surface area contributed by atoms with Gasteiger partial charge in [-0.1, -0.05) is 29.3 Å². The number of amides is 1. The second-order valence-corrected chi connectivity index (χ2v) is 7.17. The van der Waals surface area contributed by atoms with Gasteiger partial charge in [-0.2, -0.15) is 0 Å². The lowest BCUT2D eigenvalue weighted by atomic mass is 9.89. The van der Waals surface area contributed by atoms with Crippen molar-refractivity contribution in [1.29, 1.82) is 0 Å². The molecule has 0 aliphatic heterocycles. The molecular formula is C14H24BrNO. The van der Waals surface area contributed by atoms with E-state index in [4.69, 9.17) is 0 Å². The molecule has 2 saturated carbocycles. The predicted molar refractivity (Wildman–Crippen MR) is 74.2 cm³/mol. The first-order valence-corrected chi connectivity index (χ1v) is 8.00. The predicted octanol–water partition coefficient (Wildman–Crippen LogP) is 3.49. The maximum atomic E-state index is 12.0. The molecule has 0 aromatic rings. The van der Waals surface area contributed by atoms with Crippen LogP contribution in [0.25, 0.3) is 0 Å². The topological polar surface area (TPSA) is 29.1 Å². The lowest BCUT2D eigenvalue weighted by Gasteiger charge is -2.26. The van der Waals surface area contributed by atoms with Crippen LogP contribution in [-0.2, 0) is 4.79 Å². The highest BCUT2D eigenvalue weighted by atomic mass is 79.9. The van der Waals surface area contributed by atoms with Gasteiger partial charge in [0.1, 0.15) is 0 Å². The summed E-state index contributed by atoms with van der Waals surface area (Å²) >= 11 is 3.67. The number of alkyl halides is 1. The lowest BCUT2D eigenvalue weighted by molar-refractivity contribution is -0.126. The molecule has 0 aromatic heterocycles. The fraction of sp³-hybridized carbons (Fsp3) is 0.929. The van der Waals surface area contributed by atoms with Gasteiger partial charge < -0.3 is 5.32 Å². The standard InChI is InChI=1S/C14H24BrNO/c1-10-3-2-4-13(10)14(17)16-9-11-5-7-12(15)8-6-11/h10-13H,2-9H2,1H3,(H,16,17). The van der Waals surface area contributed by atoms with E-state index in [9.17, 15) is 4.79 Å². The summed E-state index contributed by atoms with van der Waals surface area (Å²) in [7, 11) is 0. The summed E-state index contributed by atoms with van der Waals surface area (Å²) in [6.45, 7) is 3.12. The fourth-order valence-electron chi connectivity index (χ4n) is 3.24. The van der Waals surface area contributed by atoms with E-state index in [0.717, 1.165) is 13.0 Å². The van der Waals surface area contributed by atoms with Gasteiger partial charge >= 0.3 is 0 Å². The van der Waals surface area contributed by atoms with Crippen molar-refractivity contribution in [1.82, 2.24) is 5.32 Å². The maximum absolute atomic E-state index is 12.0. The zero-order valence-corrected chi connectivity index (χ0v) is 12.3. The molecule has 2 atom stereocenters. The zero-order chi connectivity index (χ0) is 12.3. The van der Waals surface area contributed by atoms with E-state index in [-0.39, 0.29) is 0 Å². The van der Waals surface area contributed by atoms with E-state index >= 15 is 0 Å². The van der Waals surface area contributed by atoms with Crippen LogP contribution in [0.1, 0.15) is 51.9 Å². The van der Waals surface area contributed by atoms with E-state index in [2.05, 4.69) is 28.2 Å². The smallest absolute Gasteiger partial charge is 0.223 e. The monoisotopic (exact) mass is 301 g/mol. The minimum atomic E-state index is 0.294. The molecule has 2 unspecified atom stereocenters. The van der Waals surface area contributed by atoms with E-state index in [1.165, 1.54) is 38.5 Å². The molecule has 2 nitrogen and oxygen atoms in total. The first-order valence-electron chi connectivity index (χ1n) is 7.08. The largest absolute Gasteiger partial charge is 0.356 e. The Balaban J connectivity index is 1.69. The van der Waals surface area contributed by atoms with Gasteiger partial charge in [0.2, 0.25) is 5.91 Å². The van der Waals surface area contributed by atoms with Gasteiger partial charge in [-0.25, -0.2) is 0 Å². The molecule has 0 saturated heterocycles. The quantitative estimate of drug-likeness (QED) is 0.794. The Labute approximate surface area is 113 Å². The average molecular weight is 302 g/mol. The molecule has 17 heavy (non-hydrogen) atoms. The Morgan fingerprint density at radius 3 is 2.47 bits per heavy atom. The van der Waals surface area contributed by atoms with Crippen LogP contribution in [0.5, 0.6) is 0 Å². The number of hydrogen-bond acceptors (Lipinski definition) is 1. The molecule has 98 valence electrons. The minimum absolute atomic E-state index is 0.294. The normalized spacial score (nSPS) is 38.0. The highest BCUT2D eigenvalue weighted by Crippen LogP contribution is 2.32. The van der Waals surface area contributed by atoms with Crippen molar-refractivity contribution in [3.05, 3.63) is 0 Å². The van der Waals surface area contributed by atoms with Crippen LogP contribution in [0, 0.1) is 17.8 Å². The summed E-state index contributed by atoms with van der Waals surface area (Å²) in [6, 6.07) is 0. The Morgan fingerprint density at radius 1 is 1.18 bits per heavy atom. The van der Waals surface area contributed by atoms with Crippen molar-refractivity contribution in [2.45, 2.75) is 56.7 Å². The van der Waals surface area contributed by atoms with Crippen molar-refractivity contribution in [3.8, 4) is 0 Å². The van der Waals surface area contributed by atoms with Crippen molar-refractivity contribution >= 4 is 21.8 Å². The summed E-state index contributed by atoms with van der Waals surface area (Å²) in [5.41, 5.74) is 0. The minimum Gasteiger partial charge on any atom is -0.356 e. The second kappa shape index (κ2) is 6.21. The Hall–Kier alpha value is -0.0500. The van der Waals surface area contributed by atoms with E-state index in [0.29, 0.717) is 28.5 Å². The Bertz CT molecular complexity index is 261.